The van der Waals surface area contributed by atoms with E-state index >= 15 is 0 Å². The number of nitrogens with one attached hydrogen (secondary N) is 2. The second-order valence-electron chi connectivity index (χ2n) is 5.73. The third kappa shape index (κ3) is 4.32. The Morgan fingerprint density at radius 1 is 1.00 bits per heavy atom. The summed E-state index contributed by atoms with van der Waals surface area (Å²) in [5.74, 6) is 0.0554. The Labute approximate surface area is 156 Å². The Hall–Kier alpha value is -3.05. The van der Waals surface area contributed by atoms with Gasteiger partial charge in [-0.2, -0.15) is 0 Å². The molecule has 3 aromatic rings. The Balaban J connectivity index is 1.59. The van der Waals surface area contributed by atoms with Crippen molar-refractivity contribution >= 4 is 29.1 Å². The van der Waals surface area contributed by atoms with Crippen LogP contribution >= 0.6 is 11.6 Å². The van der Waals surface area contributed by atoms with Crippen LogP contribution in [-0.4, -0.2) is 11.8 Å². The fraction of sp³-hybridized carbons (Fsp3) is 0.100. The zero-order valence-electron chi connectivity index (χ0n) is 14.1. The second-order valence-corrected chi connectivity index (χ2v) is 6.14. The first-order chi connectivity index (χ1) is 12.5. The van der Waals surface area contributed by atoms with Crippen LogP contribution < -0.4 is 10.6 Å². The molecule has 0 aliphatic heterocycles. The molecule has 26 heavy (non-hydrogen) atoms. The molecule has 0 bridgehead atoms. The highest BCUT2D eigenvalue weighted by Crippen LogP contribution is 2.20. The van der Waals surface area contributed by atoms with Crippen molar-refractivity contribution in [2.45, 2.75) is 13.5 Å². The Bertz CT molecular complexity index is 935. The molecule has 5 nitrogen and oxygen atoms in total. The number of amides is 2. The van der Waals surface area contributed by atoms with Gasteiger partial charge in [-0.25, -0.2) is 0 Å². The summed E-state index contributed by atoms with van der Waals surface area (Å²) in [6.45, 7) is 2.08. The number of furan rings is 1. The SMILES string of the molecule is Cc1ccc(NC(=O)c2ccc(CNC(=O)c3ccccc3)o2)cc1Cl. The van der Waals surface area contributed by atoms with Gasteiger partial charge in [0, 0.05) is 16.3 Å². The summed E-state index contributed by atoms with van der Waals surface area (Å²) in [4.78, 5) is 24.3. The zero-order valence-corrected chi connectivity index (χ0v) is 14.8. The molecule has 0 aliphatic rings. The lowest BCUT2D eigenvalue weighted by atomic mass is 10.2. The summed E-state index contributed by atoms with van der Waals surface area (Å²) in [5, 5.41) is 6.05. The van der Waals surface area contributed by atoms with Crippen molar-refractivity contribution < 1.29 is 14.0 Å². The van der Waals surface area contributed by atoms with Crippen LogP contribution in [0.1, 0.15) is 32.2 Å². The van der Waals surface area contributed by atoms with E-state index in [9.17, 15) is 9.59 Å². The number of carbonyl (C=O) groups excluding carboxylic acids is 2. The molecular weight excluding hydrogens is 352 g/mol. The lowest BCUT2D eigenvalue weighted by molar-refractivity contribution is 0.0948. The Morgan fingerprint density at radius 3 is 2.50 bits per heavy atom. The number of carbonyl (C=O) groups is 2. The van der Waals surface area contributed by atoms with Crippen LogP contribution in [0.4, 0.5) is 5.69 Å². The van der Waals surface area contributed by atoms with Gasteiger partial charge in [0.2, 0.25) is 0 Å². The lowest BCUT2D eigenvalue weighted by Gasteiger charge is -2.05. The number of anilines is 1. The normalized spacial score (nSPS) is 10.4. The van der Waals surface area contributed by atoms with Crippen LogP contribution in [0.3, 0.4) is 0 Å². The van der Waals surface area contributed by atoms with Crippen LogP contribution in [0.25, 0.3) is 0 Å². The number of hydrogen-bond donors (Lipinski definition) is 2. The molecule has 1 aromatic heterocycles. The predicted molar refractivity (Wildman–Crippen MR) is 100 cm³/mol. The predicted octanol–water partition coefficient (Wildman–Crippen LogP) is 4.42. The fourth-order valence-corrected chi connectivity index (χ4v) is 2.50. The van der Waals surface area contributed by atoms with Gasteiger partial charge in [0.15, 0.2) is 5.76 Å². The minimum Gasteiger partial charge on any atom is -0.454 e. The zero-order chi connectivity index (χ0) is 18.5. The summed E-state index contributed by atoms with van der Waals surface area (Å²) in [6.07, 6.45) is 0. The van der Waals surface area contributed by atoms with E-state index in [-0.39, 0.29) is 24.1 Å². The maximum Gasteiger partial charge on any atom is 0.291 e. The molecule has 0 atom stereocenters. The van der Waals surface area contributed by atoms with Crippen LogP contribution in [0.2, 0.25) is 5.02 Å². The van der Waals surface area contributed by atoms with Gasteiger partial charge in [-0.05, 0) is 48.9 Å². The van der Waals surface area contributed by atoms with Crippen molar-refractivity contribution in [2.24, 2.45) is 0 Å². The van der Waals surface area contributed by atoms with Crippen LogP contribution in [-0.2, 0) is 6.54 Å². The summed E-state index contributed by atoms with van der Waals surface area (Å²) < 4.78 is 5.50. The third-order valence-corrected chi connectivity index (χ3v) is 4.18. The highest BCUT2D eigenvalue weighted by atomic mass is 35.5. The molecule has 1 heterocycles. The molecule has 0 unspecified atom stereocenters. The second kappa shape index (κ2) is 7.89. The van der Waals surface area contributed by atoms with Crippen molar-refractivity contribution in [3.05, 3.63) is 88.3 Å². The first-order valence-corrected chi connectivity index (χ1v) is 8.40. The lowest BCUT2D eigenvalue weighted by Crippen LogP contribution is -2.22. The van der Waals surface area contributed by atoms with E-state index in [2.05, 4.69) is 10.6 Å². The summed E-state index contributed by atoms with van der Waals surface area (Å²) in [6, 6.07) is 17.4. The summed E-state index contributed by atoms with van der Waals surface area (Å²) >= 11 is 6.05. The molecule has 132 valence electrons. The van der Waals surface area contributed by atoms with Gasteiger partial charge in [-0.1, -0.05) is 35.9 Å². The Kier molecular flexibility index (Phi) is 5.39. The van der Waals surface area contributed by atoms with E-state index in [1.165, 1.54) is 0 Å². The molecule has 2 aromatic carbocycles. The van der Waals surface area contributed by atoms with E-state index in [0.29, 0.717) is 22.0 Å². The monoisotopic (exact) mass is 368 g/mol. The van der Waals surface area contributed by atoms with E-state index in [0.717, 1.165) is 5.56 Å². The van der Waals surface area contributed by atoms with Crippen molar-refractivity contribution in [1.29, 1.82) is 0 Å². The molecule has 0 fully saturated rings. The molecule has 2 amide bonds. The molecule has 0 spiro atoms. The average Bonchev–Trinajstić information content (AvgIpc) is 3.13. The summed E-state index contributed by atoms with van der Waals surface area (Å²) in [5.41, 5.74) is 2.08. The van der Waals surface area contributed by atoms with Gasteiger partial charge in [0.05, 0.1) is 6.54 Å². The van der Waals surface area contributed by atoms with Crippen LogP contribution in [0, 0.1) is 6.92 Å². The Morgan fingerprint density at radius 2 is 1.77 bits per heavy atom. The van der Waals surface area contributed by atoms with Gasteiger partial charge in [0.25, 0.3) is 11.8 Å². The van der Waals surface area contributed by atoms with Gasteiger partial charge in [-0.15, -0.1) is 0 Å². The number of benzene rings is 2. The molecule has 0 aliphatic carbocycles. The van der Waals surface area contributed by atoms with E-state index in [1.54, 1.807) is 48.5 Å². The number of rotatable bonds is 5. The standard InChI is InChI=1S/C20H17ClN2O3/c1-13-7-8-15(11-17(13)21)23-20(25)18-10-9-16(26-18)12-22-19(24)14-5-3-2-4-6-14/h2-11H,12H2,1H3,(H,22,24)(H,23,25). The van der Waals surface area contributed by atoms with Crippen LogP contribution in [0.5, 0.6) is 0 Å². The number of hydrogen-bond acceptors (Lipinski definition) is 3. The average molecular weight is 369 g/mol. The quantitative estimate of drug-likeness (QED) is 0.700. The fourth-order valence-electron chi connectivity index (χ4n) is 2.32. The molecule has 2 N–H and O–H groups in total. The third-order valence-electron chi connectivity index (χ3n) is 3.77. The first kappa shape index (κ1) is 17.8. The minimum atomic E-state index is -0.384. The highest BCUT2D eigenvalue weighted by Gasteiger charge is 2.13. The van der Waals surface area contributed by atoms with Gasteiger partial charge in [0.1, 0.15) is 5.76 Å². The van der Waals surface area contributed by atoms with Gasteiger partial charge in [-0.3, -0.25) is 9.59 Å². The first-order valence-electron chi connectivity index (χ1n) is 8.02. The van der Waals surface area contributed by atoms with E-state index < -0.39 is 0 Å². The topological polar surface area (TPSA) is 71.3 Å². The maximum atomic E-state index is 12.2. The van der Waals surface area contributed by atoms with Crippen molar-refractivity contribution in [1.82, 2.24) is 5.32 Å². The smallest absolute Gasteiger partial charge is 0.291 e. The van der Waals surface area contributed by atoms with Crippen molar-refractivity contribution in [2.75, 3.05) is 5.32 Å². The summed E-state index contributed by atoms with van der Waals surface area (Å²) in [7, 11) is 0. The van der Waals surface area contributed by atoms with Gasteiger partial charge < -0.3 is 15.1 Å². The molecule has 0 saturated heterocycles. The van der Waals surface area contributed by atoms with Crippen molar-refractivity contribution in [3.8, 4) is 0 Å². The highest BCUT2D eigenvalue weighted by molar-refractivity contribution is 6.31. The number of halogens is 1. The molecule has 0 saturated carbocycles. The molecule has 6 heteroatoms. The molecule has 0 radical (unpaired) electrons. The number of aryl methyl sites for hydroxylation is 1. The largest absolute Gasteiger partial charge is 0.454 e. The van der Waals surface area contributed by atoms with E-state index in [4.69, 9.17) is 16.0 Å². The van der Waals surface area contributed by atoms with Crippen LogP contribution in [0.15, 0.2) is 65.1 Å². The van der Waals surface area contributed by atoms with Crippen molar-refractivity contribution in [3.63, 3.8) is 0 Å². The molecular formula is C20H17ClN2O3. The van der Waals surface area contributed by atoms with Gasteiger partial charge >= 0.3 is 0 Å². The van der Waals surface area contributed by atoms with E-state index in [1.807, 2.05) is 19.1 Å². The minimum absolute atomic E-state index is 0.158. The molecule has 3 rings (SSSR count). The maximum absolute atomic E-state index is 12.2.